The number of ether oxygens (including phenoxy) is 2. The van der Waals surface area contributed by atoms with Gasteiger partial charge in [0.05, 0.1) is 5.69 Å². The molecule has 0 spiro atoms. The topological polar surface area (TPSA) is 36.3 Å². The first kappa shape index (κ1) is 11.2. The minimum absolute atomic E-state index is 0.00786. The lowest BCUT2D eigenvalue weighted by atomic mass is 10.2. The summed E-state index contributed by atoms with van der Waals surface area (Å²) in [6, 6.07) is 0. The van der Waals surface area contributed by atoms with Gasteiger partial charge in [-0.15, -0.1) is 0 Å². The van der Waals surface area contributed by atoms with Crippen LogP contribution in [0.15, 0.2) is 6.20 Å². The lowest BCUT2D eigenvalue weighted by molar-refractivity contribution is -0.376. The Morgan fingerprint density at radius 1 is 1.35 bits per heavy atom. The summed E-state index contributed by atoms with van der Waals surface area (Å²) < 4.78 is 13.2. The van der Waals surface area contributed by atoms with Gasteiger partial charge in [-0.3, -0.25) is 0 Å². The molecule has 3 heterocycles. The van der Waals surface area contributed by atoms with E-state index in [0.29, 0.717) is 0 Å². The third-order valence-corrected chi connectivity index (χ3v) is 3.53. The Balaban J connectivity index is 1.56. The molecule has 17 heavy (non-hydrogen) atoms. The lowest BCUT2D eigenvalue weighted by Crippen LogP contribution is -2.38. The SMILES string of the molecule is CC1OC(CCc2cn3c(n2)CCCCC3)O1. The van der Waals surface area contributed by atoms with E-state index in [1.54, 1.807) is 0 Å². The molecule has 0 aliphatic carbocycles. The molecular formula is C13H20N2O2. The average molecular weight is 236 g/mol. The number of rotatable bonds is 3. The molecule has 0 saturated carbocycles. The Labute approximate surface area is 102 Å². The van der Waals surface area contributed by atoms with Crippen LogP contribution in [-0.4, -0.2) is 22.1 Å². The van der Waals surface area contributed by atoms with Crippen molar-refractivity contribution in [3.63, 3.8) is 0 Å². The van der Waals surface area contributed by atoms with Gasteiger partial charge in [0.15, 0.2) is 12.6 Å². The average Bonchev–Trinajstić information content (AvgIpc) is 2.53. The van der Waals surface area contributed by atoms with Gasteiger partial charge in [0.25, 0.3) is 0 Å². The van der Waals surface area contributed by atoms with Crippen LogP contribution in [0.3, 0.4) is 0 Å². The van der Waals surface area contributed by atoms with Crippen molar-refractivity contribution in [1.82, 2.24) is 9.55 Å². The van der Waals surface area contributed by atoms with Crippen molar-refractivity contribution in [2.75, 3.05) is 0 Å². The molecule has 2 aliphatic rings. The molecule has 0 unspecified atom stereocenters. The van der Waals surface area contributed by atoms with Crippen molar-refractivity contribution in [3.05, 3.63) is 17.7 Å². The fourth-order valence-electron chi connectivity index (χ4n) is 2.61. The molecule has 1 aromatic heterocycles. The van der Waals surface area contributed by atoms with Crippen LogP contribution in [-0.2, 0) is 28.9 Å². The smallest absolute Gasteiger partial charge is 0.164 e. The maximum atomic E-state index is 5.43. The van der Waals surface area contributed by atoms with E-state index < -0.39 is 0 Å². The Bertz CT molecular complexity index is 359. The molecule has 4 heteroatoms. The van der Waals surface area contributed by atoms with Gasteiger partial charge in [-0.25, -0.2) is 4.98 Å². The van der Waals surface area contributed by atoms with Crippen LogP contribution in [0.1, 0.15) is 44.1 Å². The van der Waals surface area contributed by atoms with E-state index in [0.717, 1.165) is 25.8 Å². The van der Waals surface area contributed by atoms with E-state index in [1.165, 1.54) is 30.8 Å². The van der Waals surface area contributed by atoms with Crippen LogP contribution in [0.5, 0.6) is 0 Å². The summed E-state index contributed by atoms with van der Waals surface area (Å²) in [5.41, 5.74) is 1.19. The molecule has 0 amide bonds. The van der Waals surface area contributed by atoms with Gasteiger partial charge in [0.2, 0.25) is 0 Å². The third-order valence-electron chi connectivity index (χ3n) is 3.53. The van der Waals surface area contributed by atoms with Crippen LogP contribution in [0.4, 0.5) is 0 Å². The lowest BCUT2D eigenvalue weighted by Gasteiger charge is -2.33. The molecule has 1 aromatic rings. The van der Waals surface area contributed by atoms with Gasteiger partial charge in [0.1, 0.15) is 5.82 Å². The first-order valence-corrected chi connectivity index (χ1v) is 6.67. The summed E-state index contributed by atoms with van der Waals surface area (Å²) in [5, 5.41) is 0. The molecule has 0 atom stereocenters. The van der Waals surface area contributed by atoms with E-state index >= 15 is 0 Å². The van der Waals surface area contributed by atoms with Crippen LogP contribution in [0.2, 0.25) is 0 Å². The predicted octanol–water partition coefficient (Wildman–Crippen LogP) is 2.26. The summed E-state index contributed by atoms with van der Waals surface area (Å²) in [7, 11) is 0. The van der Waals surface area contributed by atoms with E-state index in [9.17, 15) is 0 Å². The van der Waals surface area contributed by atoms with Crippen molar-refractivity contribution < 1.29 is 9.47 Å². The molecule has 3 rings (SSSR count). The van der Waals surface area contributed by atoms with Crippen LogP contribution in [0.25, 0.3) is 0 Å². The van der Waals surface area contributed by atoms with E-state index in [1.807, 2.05) is 6.92 Å². The first-order chi connectivity index (χ1) is 8.31. The second kappa shape index (κ2) is 4.78. The minimum Gasteiger partial charge on any atom is -0.335 e. The van der Waals surface area contributed by atoms with Crippen molar-refractivity contribution in [1.29, 1.82) is 0 Å². The fourth-order valence-corrected chi connectivity index (χ4v) is 2.61. The normalized spacial score (nSPS) is 28.3. The van der Waals surface area contributed by atoms with Crippen LogP contribution in [0, 0.1) is 0 Å². The standard InChI is InChI=1S/C13H20N2O2/c1-10-16-13(17-10)7-6-11-9-15-8-4-2-3-5-12(15)14-11/h9-10,13H,2-8H2,1H3. The van der Waals surface area contributed by atoms with Crippen LogP contribution >= 0.6 is 0 Å². The monoisotopic (exact) mass is 236 g/mol. The highest BCUT2D eigenvalue weighted by atomic mass is 16.9. The highest BCUT2D eigenvalue weighted by Crippen LogP contribution is 2.21. The molecule has 2 aliphatic heterocycles. The molecule has 1 fully saturated rings. The molecule has 0 aromatic carbocycles. The Kier molecular flexibility index (Phi) is 3.16. The number of aryl methyl sites for hydroxylation is 3. The van der Waals surface area contributed by atoms with E-state index in [4.69, 9.17) is 14.5 Å². The Morgan fingerprint density at radius 2 is 2.24 bits per heavy atom. The fraction of sp³-hybridized carbons (Fsp3) is 0.769. The predicted molar refractivity (Wildman–Crippen MR) is 63.5 cm³/mol. The highest BCUT2D eigenvalue weighted by molar-refractivity contribution is 5.05. The summed E-state index contributed by atoms with van der Waals surface area (Å²) >= 11 is 0. The Morgan fingerprint density at radius 3 is 3.06 bits per heavy atom. The summed E-state index contributed by atoms with van der Waals surface area (Å²) in [6.45, 7) is 3.06. The number of nitrogens with zero attached hydrogens (tertiary/aromatic N) is 2. The summed E-state index contributed by atoms with van der Waals surface area (Å²) in [5.74, 6) is 1.27. The van der Waals surface area contributed by atoms with E-state index in [2.05, 4.69) is 10.8 Å². The first-order valence-electron chi connectivity index (χ1n) is 6.67. The number of hydrogen-bond donors (Lipinski definition) is 0. The van der Waals surface area contributed by atoms with Gasteiger partial charge < -0.3 is 14.0 Å². The third kappa shape index (κ3) is 2.53. The number of imidazole rings is 1. The van der Waals surface area contributed by atoms with Gasteiger partial charge in [-0.1, -0.05) is 6.42 Å². The highest BCUT2D eigenvalue weighted by Gasteiger charge is 2.26. The zero-order valence-electron chi connectivity index (χ0n) is 10.4. The van der Waals surface area contributed by atoms with Gasteiger partial charge in [0, 0.05) is 25.6 Å². The Hall–Kier alpha value is -0.870. The van der Waals surface area contributed by atoms with Gasteiger partial charge in [-0.05, 0) is 26.2 Å². The van der Waals surface area contributed by atoms with Crippen molar-refractivity contribution in [2.24, 2.45) is 0 Å². The molecule has 94 valence electrons. The molecule has 0 bridgehead atoms. The largest absolute Gasteiger partial charge is 0.335 e. The zero-order valence-corrected chi connectivity index (χ0v) is 10.4. The van der Waals surface area contributed by atoms with E-state index in [-0.39, 0.29) is 12.6 Å². The maximum Gasteiger partial charge on any atom is 0.164 e. The second-order valence-electron chi connectivity index (χ2n) is 4.96. The maximum absolute atomic E-state index is 5.43. The molecular weight excluding hydrogens is 216 g/mol. The van der Waals surface area contributed by atoms with Crippen molar-refractivity contribution >= 4 is 0 Å². The van der Waals surface area contributed by atoms with Crippen LogP contribution < -0.4 is 0 Å². The molecule has 4 nitrogen and oxygen atoms in total. The number of hydrogen-bond acceptors (Lipinski definition) is 3. The molecule has 0 radical (unpaired) electrons. The van der Waals surface area contributed by atoms with Crippen molar-refractivity contribution in [2.45, 2.75) is 64.6 Å². The zero-order chi connectivity index (χ0) is 11.7. The number of fused-ring (bicyclic) bond motifs is 1. The molecule has 1 saturated heterocycles. The summed E-state index contributed by atoms with van der Waals surface area (Å²) in [4.78, 5) is 4.71. The second-order valence-corrected chi connectivity index (χ2v) is 4.96. The molecule has 0 N–H and O–H groups in total. The summed E-state index contributed by atoms with van der Waals surface area (Å²) in [6.07, 6.45) is 9.09. The minimum atomic E-state index is -0.0151. The van der Waals surface area contributed by atoms with Crippen molar-refractivity contribution in [3.8, 4) is 0 Å². The van der Waals surface area contributed by atoms with Gasteiger partial charge in [-0.2, -0.15) is 0 Å². The quantitative estimate of drug-likeness (QED) is 0.807. The number of aromatic nitrogens is 2. The van der Waals surface area contributed by atoms with Gasteiger partial charge >= 0.3 is 0 Å².